The monoisotopic (exact) mass is 1870 g/mol. The van der Waals surface area contributed by atoms with Gasteiger partial charge in [0.05, 0.1) is 43.4 Å². The van der Waals surface area contributed by atoms with Crippen LogP contribution in [0.5, 0.6) is 0 Å². The lowest BCUT2D eigenvalue weighted by Crippen LogP contribution is -2.58. The second-order valence-corrected chi connectivity index (χ2v) is 38.3. The standard InChI is InChI=1S/C81H112N13O28P3S2/c1-6-19-50-40-52-41-53-42-59(83-7-2)49(4)39-57(53)73(56(52)38-48(50)3)54-21-10-11-22-55(54)78(107)91(5)33-18-27-67(97)84-30-13-8-9-26-66(96)85-31-14-12-23-58(79(108)93-35-17-25-63(93)77(106)88-60(43-71(100)101)75(104)89-61(80(109)110)44-72(102)103)87-76(105)62-24-16-34-92(62)69(99)29-37-127-126-36-28-68(98)86-32-15-20-51-46-94(81(111)90-74(51)82)70-45-64(95)65(120-70)47-119-124(115,116)122-125(117,118)121-123(112,113)114/h10-11,21-22,38-40,42,46,57-58,60-65,70,73,95H,6-9,12-14,16-19,23-37,41,43-45,47H2,1-5H3,(H,84,97)(H,85,96)(H,86,98)(H,87,105)(H,88,106)(H,89,104)(H,100,101)(H,102,103)(H,109,110)(H,115,116)(H,117,118)(H2,82,90,111)(H2,112,113,114)/b83-59+/t57?,58?,60?,61?,62?,63?,64?,65-,70-,73?/m1/s1. The number of aliphatic hydroxyl groups excluding tert-OH is 1. The summed E-state index contributed by atoms with van der Waals surface area (Å²) in [6.45, 7) is 9.02. The Morgan fingerprint density at radius 1 is 0.748 bits per heavy atom. The molecule has 16 N–H and O–H groups in total. The van der Waals surface area contributed by atoms with E-state index in [9.17, 15) is 106 Å². The number of phosphoric acid groups is 3. The molecule has 3 fully saturated rings. The molecule has 5 aliphatic rings. The van der Waals surface area contributed by atoms with Gasteiger partial charge in [-0.3, -0.25) is 66.8 Å². The molecular weight excluding hydrogens is 1760 g/mol. The Morgan fingerprint density at radius 2 is 1.38 bits per heavy atom. The zero-order valence-corrected chi connectivity index (χ0v) is 75.4. The quantitative estimate of drug-likeness (QED) is 0.0162. The van der Waals surface area contributed by atoms with Gasteiger partial charge in [-0.25, -0.2) is 23.3 Å². The van der Waals surface area contributed by atoms with Gasteiger partial charge in [0, 0.05) is 114 Å². The highest BCUT2D eigenvalue weighted by molar-refractivity contribution is 8.76. The van der Waals surface area contributed by atoms with Crippen molar-refractivity contribution in [2.45, 2.75) is 217 Å². The topological polar surface area (TPSA) is 610 Å². The molecule has 9 amide bonds. The lowest BCUT2D eigenvalue weighted by atomic mass is 9.65. The number of aryl methyl sites for hydroxylation is 2. The average molecular weight is 1870 g/mol. The number of carbonyl (C=O) groups is 12. The number of hydrogen-bond acceptors (Lipinski definition) is 26. The number of aliphatic hydroxyl groups is 1. The van der Waals surface area contributed by atoms with E-state index < -0.39 is 145 Å². The Hall–Kier alpha value is -9.50. The average Bonchev–Trinajstić information content (AvgIpc) is 1.30. The highest BCUT2D eigenvalue weighted by Crippen LogP contribution is 2.66. The van der Waals surface area contributed by atoms with E-state index in [1.807, 2.05) is 30.4 Å². The van der Waals surface area contributed by atoms with E-state index in [0.29, 0.717) is 63.7 Å². The van der Waals surface area contributed by atoms with Gasteiger partial charge < -0.3 is 97.1 Å². The summed E-state index contributed by atoms with van der Waals surface area (Å²) < 4.78 is 53.1. The van der Waals surface area contributed by atoms with Crippen LogP contribution in [0, 0.1) is 24.7 Å². The summed E-state index contributed by atoms with van der Waals surface area (Å²) in [7, 11) is -12.8. The summed E-state index contributed by atoms with van der Waals surface area (Å²) in [6, 6.07) is 4.95. The summed E-state index contributed by atoms with van der Waals surface area (Å²) in [5, 5.41) is 54.4. The van der Waals surface area contributed by atoms with Crippen LogP contribution in [0.2, 0.25) is 0 Å². The second-order valence-electron chi connectivity index (χ2n) is 31.2. The third-order valence-corrected chi connectivity index (χ3v) is 27.9. The number of hydrogen-bond donors (Lipinski definition) is 15. The number of phosphoric ester groups is 1. The molecule has 127 heavy (non-hydrogen) atoms. The molecule has 8 rings (SSSR count). The molecular formula is C81H112N13O28P3S2. The molecule has 12 atom stereocenters. The van der Waals surface area contributed by atoms with E-state index in [0.717, 1.165) is 46.9 Å². The van der Waals surface area contributed by atoms with Crippen molar-refractivity contribution in [1.29, 1.82) is 0 Å². The van der Waals surface area contributed by atoms with Gasteiger partial charge in [-0.2, -0.15) is 13.6 Å². The molecule has 3 saturated heterocycles. The van der Waals surface area contributed by atoms with Crippen LogP contribution in [-0.4, -0.2) is 254 Å². The number of ether oxygens (including phenoxy) is 1. The molecule has 696 valence electrons. The number of fused-ring (bicyclic) bond motifs is 2. The number of nitrogens with two attached hydrogens (primary N) is 1. The molecule has 0 radical (unpaired) electrons. The Morgan fingerprint density at radius 3 is 2.04 bits per heavy atom. The number of aliphatic imine (C=N–C) groups is 1. The molecule has 1 aromatic heterocycles. The van der Waals surface area contributed by atoms with Crippen molar-refractivity contribution in [2.24, 2.45) is 10.9 Å². The lowest BCUT2D eigenvalue weighted by Gasteiger charge is -2.38. The van der Waals surface area contributed by atoms with E-state index in [4.69, 9.17) is 25.2 Å². The zero-order valence-electron chi connectivity index (χ0n) is 71.1. The van der Waals surface area contributed by atoms with Gasteiger partial charge in [0.1, 0.15) is 48.4 Å². The van der Waals surface area contributed by atoms with E-state index in [1.165, 1.54) is 59.2 Å². The number of nitrogens with one attached hydrogen (secondary N) is 6. The molecule has 3 aromatic rings. The first-order valence-electron chi connectivity index (χ1n) is 41.8. The van der Waals surface area contributed by atoms with Crippen LogP contribution in [0.15, 0.2) is 75.7 Å². The molecule has 41 nitrogen and oxygen atoms in total. The number of carboxylic acids is 3. The first-order chi connectivity index (χ1) is 60.2. The van der Waals surface area contributed by atoms with Crippen LogP contribution < -0.4 is 43.3 Å². The maximum Gasteiger partial charge on any atom is 0.490 e. The van der Waals surface area contributed by atoms with Crippen molar-refractivity contribution in [3.8, 4) is 11.8 Å². The number of unbranched alkanes of at least 4 members (excludes halogenated alkanes) is 3. The predicted molar refractivity (Wildman–Crippen MR) is 464 cm³/mol. The van der Waals surface area contributed by atoms with Gasteiger partial charge in [-0.1, -0.05) is 95.2 Å². The molecule has 2 aromatic carbocycles. The van der Waals surface area contributed by atoms with Crippen LogP contribution in [0.25, 0.3) is 0 Å². The third-order valence-electron chi connectivity index (χ3n) is 21.7. The number of aliphatic carboxylic acids is 3. The van der Waals surface area contributed by atoms with Crippen molar-refractivity contribution in [2.75, 3.05) is 76.7 Å². The minimum atomic E-state index is -5.84. The molecule has 3 aliphatic heterocycles. The number of benzene rings is 2. The number of likely N-dealkylation sites (tertiary alicyclic amines) is 2. The van der Waals surface area contributed by atoms with Crippen molar-refractivity contribution in [1.82, 2.24) is 56.2 Å². The Kier molecular flexibility index (Phi) is 39.5. The summed E-state index contributed by atoms with van der Waals surface area (Å²) in [5.41, 5.74) is 15.0. The number of carbonyl (C=O) groups excluding carboxylic acids is 9. The number of carboxylic acid groups (broad SMARTS) is 3. The van der Waals surface area contributed by atoms with E-state index in [-0.39, 0.29) is 149 Å². The number of nitrogens with zero attached hydrogens (tertiary/aromatic N) is 6. The van der Waals surface area contributed by atoms with Crippen molar-refractivity contribution >= 4 is 128 Å². The van der Waals surface area contributed by atoms with E-state index in [1.54, 1.807) is 11.9 Å². The fourth-order valence-electron chi connectivity index (χ4n) is 15.5. The second kappa shape index (κ2) is 48.8. The number of allylic oxidation sites excluding steroid dienone is 4. The Bertz CT molecular complexity index is 4920. The van der Waals surface area contributed by atoms with Crippen LogP contribution >= 0.6 is 45.1 Å². The first kappa shape index (κ1) is 103. The molecule has 10 unspecified atom stereocenters. The number of nitrogen functional groups attached to an aromatic ring is 1. The number of anilines is 1. The summed E-state index contributed by atoms with van der Waals surface area (Å²) >= 11 is 0. The smallest absolute Gasteiger partial charge is 0.481 e. The summed E-state index contributed by atoms with van der Waals surface area (Å²) in [4.78, 5) is 221. The van der Waals surface area contributed by atoms with Crippen LogP contribution in [0.3, 0.4) is 0 Å². The lowest BCUT2D eigenvalue weighted by molar-refractivity contribution is -0.148. The molecule has 46 heteroatoms. The fourth-order valence-corrected chi connectivity index (χ4v) is 20.5. The Balaban J connectivity index is 0.777. The van der Waals surface area contributed by atoms with Crippen LogP contribution in [0.1, 0.15) is 199 Å². The van der Waals surface area contributed by atoms with Crippen molar-refractivity contribution in [3.63, 3.8) is 0 Å². The van der Waals surface area contributed by atoms with Gasteiger partial charge in [-0.05, 0) is 143 Å². The highest BCUT2D eigenvalue weighted by atomic mass is 33.1. The first-order valence-corrected chi connectivity index (χ1v) is 48.8. The van der Waals surface area contributed by atoms with E-state index >= 15 is 0 Å². The van der Waals surface area contributed by atoms with E-state index in [2.05, 4.69) is 108 Å². The normalized spacial score (nSPS) is 20.3. The largest absolute Gasteiger partial charge is 0.490 e. The van der Waals surface area contributed by atoms with Gasteiger partial charge in [0.25, 0.3) is 5.91 Å². The highest BCUT2D eigenvalue weighted by Gasteiger charge is 2.46. The zero-order chi connectivity index (χ0) is 93.0. The van der Waals surface area contributed by atoms with Gasteiger partial charge >= 0.3 is 47.1 Å². The maximum absolute atomic E-state index is 14.7. The molecule has 0 spiro atoms. The van der Waals surface area contributed by atoms with Crippen molar-refractivity contribution in [3.05, 3.63) is 115 Å². The van der Waals surface area contributed by atoms with Crippen molar-refractivity contribution < 1.29 is 129 Å². The van der Waals surface area contributed by atoms with Crippen LogP contribution in [0.4, 0.5) is 5.82 Å². The molecule has 4 heterocycles. The minimum absolute atomic E-state index is 0.00950. The minimum Gasteiger partial charge on any atom is -0.481 e. The SMILES string of the molecule is CCCc1cc2c(cc1C)C(c1ccccc1C(=O)N(C)CCCC(=O)NCCCCCC(=O)NCCCCC(NC(=O)C1CCCN1C(=O)CCSSCCC(=O)NCC#Cc1cn([C@H]3CC(O)[C@@H](COP(=O)(O)OP(=O)(O)OP(=O)(O)O)O3)c(=O)nc1N)C(=O)N1CCCC1C(=O)NC(CC(=O)O)C(=O)NC(CC(=O)O)C(=O)O)C1C=C(C)/C(=N/CC)C=C1C2. The molecule has 0 saturated carbocycles. The predicted octanol–water partition coefficient (Wildman–Crippen LogP) is 4.34. The Labute approximate surface area is 741 Å². The summed E-state index contributed by atoms with van der Waals surface area (Å²) in [5.74, 6) is -4.48. The van der Waals surface area contributed by atoms with Gasteiger partial charge in [0.15, 0.2) is 0 Å². The third kappa shape index (κ3) is 31.4. The van der Waals surface area contributed by atoms with Gasteiger partial charge in [-0.15, -0.1) is 0 Å². The summed E-state index contributed by atoms with van der Waals surface area (Å²) in [6.07, 6.45) is 5.73. The molecule has 0 bridgehead atoms. The number of aromatic nitrogens is 2. The van der Waals surface area contributed by atoms with Crippen LogP contribution in [-0.2, 0) is 97.2 Å². The maximum atomic E-state index is 14.7. The number of amides is 9. The fraction of sp³-hybridized carbons (Fsp3) is 0.568. The number of rotatable bonds is 48. The molecule has 2 aliphatic carbocycles. The van der Waals surface area contributed by atoms with Gasteiger partial charge in [0.2, 0.25) is 47.3 Å².